The third kappa shape index (κ3) is 2.53. The molecule has 0 aromatic carbocycles. The molecule has 2 rings (SSSR count). The predicted octanol–water partition coefficient (Wildman–Crippen LogP) is 1.99. The van der Waals surface area contributed by atoms with Gasteiger partial charge in [-0.15, -0.1) is 0 Å². The molecule has 1 heterocycles. The molecule has 1 aliphatic rings. The van der Waals surface area contributed by atoms with Crippen molar-refractivity contribution in [2.24, 2.45) is 0 Å². The van der Waals surface area contributed by atoms with E-state index in [1.54, 1.807) is 11.8 Å². The van der Waals surface area contributed by atoms with E-state index in [4.69, 9.17) is 9.52 Å². The van der Waals surface area contributed by atoms with Crippen LogP contribution in [0.3, 0.4) is 0 Å². The zero-order valence-electron chi connectivity index (χ0n) is 10.1. The van der Waals surface area contributed by atoms with Crippen molar-refractivity contribution in [3.63, 3.8) is 0 Å². The molecule has 6 heteroatoms. The Morgan fingerprint density at radius 3 is 2.72 bits per heavy atom. The Kier molecular flexibility index (Phi) is 3.65. The molecule has 0 spiro atoms. The number of carbonyl (C=O) groups excluding carboxylic acids is 1. The van der Waals surface area contributed by atoms with Crippen LogP contribution < -0.4 is 5.32 Å². The molecule has 98 valence electrons. The number of carbonyl (C=O) groups is 2. The maximum absolute atomic E-state index is 11.8. The van der Waals surface area contributed by atoms with Gasteiger partial charge in [-0.3, -0.25) is 4.79 Å². The normalized spacial score (nSPS) is 16.9. The van der Waals surface area contributed by atoms with E-state index in [9.17, 15) is 9.59 Å². The van der Waals surface area contributed by atoms with Crippen molar-refractivity contribution >= 4 is 23.6 Å². The van der Waals surface area contributed by atoms with Crippen molar-refractivity contribution in [3.05, 3.63) is 23.7 Å². The van der Waals surface area contributed by atoms with Gasteiger partial charge >= 0.3 is 5.97 Å². The van der Waals surface area contributed by atoms with Crippen LogP contribution in [0.5, 0.6) is 0 Å². The lowest BCUT2D eigenvalue weighted by molar-refractivity contribution is 0.0696. The second kappa shape index (κ2) is 5.06. The Labute approximate surface area is 109 Å². The van der Waals surface area contributed by atoms with Crippen LogP contribution in [-0.4, -0.2) is 34.5 Å². The summed E-state index contributed by atoms with van der Waals surface area (Å²) >= 11 is 1.77. The number of furan rings is 1. The van der Waals surface area contributed by atoms with Crippen molar-refractivity contribution in [2.45, 2.75) is 24.0 Å². The summed E-state index contributed by atoms with van der Waals surface area (Å²) in [6.45, 7) is 0.593. The molecule has 1 fully saturated rings. The first-order valence-electron chi connectivity index (χ1n) is 5.71. The molecule has 0 radical (unpaired) electrons. The smallest absolute Gasteiger partial charge is 0.338 e. The third-order valence-corrected chi connectivity index (χ3v) is 4.76. The Hall–Kier alpha value is -1.43. The largest absolute Gasteiger partial charge is 0.478 e. The van der Waals surface area contributed by atoms with Crippen molar-refractivity contribution in [1.82, 2.24) is 5.32 Å². The molecule has 1 amide bonds. The molecular weight excluding hydrogens is 254 g/mol. The molecule has 0 unspecified atom stereocenters. The van der Waals surface area contributed by atoms with E-state index in [-0.39, 0.29) is 22.0 Å². The molecule has 2 N–H and O–H groups in total. The van der Waals surface area contributed by atoms with Crippen LogP contribution in [0.15, 0.2) is 16.7 Å². The summed E-state index contributed by atoms with van der Waals surface area (Å²) in [6.07, 6.45) is 6.52. The minimum absolute atomic E-state index is 0.0108. The predicted molar refractivity (Wildman–Crippen MR) is 68.1 cm³/mol. The second-order valence-electron chi connectivity index (χ2n) is 4.43. The minimum Gasteiger partial charge on any atom is -0.478 e. The quantitative estimate of drug-likeness (QED) is 0.854. The van der Waals surface area contributed by atoms with Gasteiger partial charge in [0.1, 0.15) is 6.26 Å². The molecule has 1 aromatic rings. The second-order valence-corrected chi connectivity index (χ2v) is 5.70. The molecule has 5 nitrogen and oxygen atoms in total. The number of thioether (sulfide) groups is 1. The molecule has 1 aromatic heterocycles. The van der Waals surface area contributed by atoms with Crippen molar-refractivity contribution < 1.29 is 19.1 Å². The maximum atomic E-state index is 11.8. The summed E-state index contributed by atoms with van der Waals surface area (Å²) in [5.74, 6) is -1.41. The van der Waals surface area contributed by atoms with E-state index in [0.717, 1.165) is 19.1 Å². The van der Waals surface area contributed by atoms with E-state index in [1.807, 2.05) is 6.26 Å². The highest BCUT2D eigenvalue weighted by atomic mass is 32.2. The van der Waals surface area contributed by atoms with Gasteiger partial charge in [0.2, 0.25) is 0 Å². The van der Waals surface area contributed by atoms with Crippen LogP contribution in [0.1, 0.15) is 40.2 Å². The molecule has 0 atom stereocenters. The van der Waals surface area contributed by atoms with Crippen LogP contribution in [0.4, 0.5) is 0 Å². The average molecular weight is 269 g/mol. The highest BCUT2D eigenvalue weighted by Gasteiger charge is 2.36. The molecule has 0 aliphatic heterocycles. The van der Waals surface area contributed by atoms with Crippen molar-refractivity contribution in [1.29, 1.82) is 0 Å². The van der Waals surface area contributed by atoms with Gasteiger partial charge in [0.25, 0.3) is 5.91 Å². The molecule has 1 aliphatic carbocycles. The topological polar surface area (TPSA) is 79.5 Å². The first kappa shape index (κ1) is 13.0. The number of nitrogens with one attached hydrogen (secondary N) is 1. The fraction of sp³-hybridized carbons (Fsp3) is 0.500. The summed E-state index contributed by atoms with van der Waals surface area (Å²) in [5.41, 5.74) is -0.0108. The molecule has 18 heavy (non-hydrogen) atoms. The van der Waals surface area contributed by atoms with Gasteiger partial charge in [-0.2, -0.15) is 11.8 Å². The lowest BCUT2D eigenvalue weighted by Gasteiger charge is -2.40. The summed E-state index contributed by atoms with van der Waals surface area (Å²) in [4.78, 5) is 22.4. The Balaban J connectivity index is 1.93. The number of amides is 1. The van der Waals surface area contributed by atoms with Gasteiger partial charge < -0.3 is 14.8 Å². The monoisotopic (exact) mass is 269 g/mol. The van der Waals surface area contributed by atoms with Crippen LogP contribution in [0.2, 0.25) is 0 Å². The van der Waals surface area contributed by atoms with Crippen molar-refractivity contribution in [2.75, 3.05) is 12.8 Å². The summed E-state index contributed by atoms with van der Waals surface area (Å²) < 4.78 is 5.09. The molecule has 0 bridgehead atoms. The summed E-state index contributed by atoms with van der Waals surface area (Å²) in [5, 5.41) is 11.5. The minimum atomic E-state index is -1.10. The first-order chi connectivity index (χ1) is 8.56. The molecule has 0 saturated heterocycles. The fourth-order valence-electron chi connectivity index (χ4n) is 1.92. The average Bonchev–Trinajstić information content (AvgIpc) is 2.77. The van der Waals surface area contributed by atoms with Crippen LogP contribution >= 0.6 is 11.8 Å². The number of rotatable bonds is 5. The molecular formula is C12H15NO4S. The van der Waals surface area contributed by atoms with E-state index >= 15 is 0 Å². The van der Waals surface area contributed by atoms with Crippen LogP contribution in [0.25, 0.3) is 0 Å². The lowest BCUT2D eigenvalue weighted by Crippen LogP contribution is -2.45. The highest BCUT2D eigenvalue weighted by Crippen LogP contribution is 2.42. The van der Waals surface area contributed by atoms with Gasteiger partial charge in [0.15, 0.2) is 5.76 Å². The third-order valence-electron chi connectivity index (χ3n) is 3.34. The zero-order chi connectivity index (χ0) is 13.2. The highest BCUT2D eigenvalue weighted by molar-refractivity contribution is 8.00. The maximum Gasteiger partial charge on any atom is 0.338 e. The van der Waals surface area contributed by atoms with Crippen LogP contribution in [0, 0.1) is 0 Å². The van der Waals surface area contributed by atoms with Crippen LogP contribution in [-0.2, 0) is 0 Å². The van der Waals surface area contributed by atoms with Gasteiger partial charge in [0, 0.05) is 17.4 Å². The SMILES string of the molecule is CSC1(CNC(=O)c2cc(C(=O)O)co2)CCC1. The lowest BCUT2D eigenvalue weighted by atomic mass is 9.84. The Bertz CT molecular complexity index is 459. The van der Waals surface area contributed by atoms with Crippen molar-refractivity contribution in [3.8, 4) is 0 Å². The number of aromatic carboxylic acids is 1. The fourth-order valence-corrected chi connectivity index (χ4v) is 2.83. The van der Waals surface area contributed by atoms with E-state index in [1.165, 1.54) is 12.5 Å². The molecule has 1 saturated carbocycles. The van der Waals surface area contributed by atoms with Gasteiger partial charge in [-0.1, -0.05) is 6.42 Å². The Morgan fingerprint density at radius 1 is 1.56 bits per heavy atom. The Morgan fingerprint density at radius 2 is 2.28 bits per heavy atom. The number of hydrogen-bond donors (Lipinski definition) is 2. The van der Waals surface area contributed by atoms with Gasteiger partial charge in [0.05, 0.1) is 5.56 Å². The van der Waals surface area contributed by atoms with E-state index < -0.39 is 5.97 Å². The standard InChI is InChI=1S/C12H15NO4S/c1-18-12(3-2-4-12)7-13-10(14)9-5-8(6-17-9)11(15)16/h5-6H,2-4,7H2,1H3,(H,13,14)(H,15,16). The number of carboxylic acid groups (broad SMARTS) is 1. The zero-order valence-corrected chi connectivity index (χ0v) is 10.9. The first-order valence-corrected chi connectivity index (χ1v) is 6.94. The van der Waals surface area contributed by atoms with Gasteiger partial charge in [-0.05, 0) is 19.1 Å². The van der Waals surface area contributed by atoms with Gasteiger partial charge in [-0.25, -0.2) is 4.79 Å². The van der Waals surface area contributed by atoms with E-state index in [2.05, 4.69) is 5.32 Å². The number of carboxylic acids is 1. The van der Waals surface area contributed by atoms with E-state index in [0.29, 0.717) is 6.54 Å². The summed E-state index contributed by atoms with van der Waals surface area (Å²) in [7, 11) is 0. The summed E-state index contributed by atoms with van der Waals surface area (Å²) in [6, 6.07) is 1.24. The number of hydrogen-bond acceptors (Lipinski definition) is 4.